The standard InChI is InChI=1S/C63H108O6/c1-4-7-10-13-16-19-22-25-28-30-31-33-36-39-42-45-48-51-54-57-63(66)69-60(58-67-61(64)55-52-49-46-43-40-37-34-27-24-21-18-15-12-9-6-3)59-68-62(65)56-53-50-47-44-41-38-35-32-29-26-23-20-17-14-11-8-5-2/h9,12,17-18,20-21,25-29,34,40,43,60H,4-8,10-11,13-16,19,22-24,30-33,35-39,41-42,44-59H2,1-3H3/b12-9-,20-17-,21-18-,28-25-,29-26-,34-27-,43-40-/t60-/m1/s1. The number of carbonyl (C=O) groups excluding carboxylic acids is 3. The van der Waals surface area contributed by atoms with Crippen molar-refractivity contribution in [2.75, 3.05) is 13.2 Å². The van der Waals surface area contributed by atoms with Crippen LogP contribution in [0.5, 0.6) is 0 Å². The zero-order chi connectivity index (χ0) is 50.0. The summed E-state index contributed by atoms with van der Waals surface area (Å²) in [7, 11) is 0. The first-order valence-electron chi connectivity index (χ1n) is 29.1. The highest BCUT2D eigenvalue weighted by Gasteiger charge is 2.19. The van der Waals surface area contributed by atoms with Gasteiger partial charge in [0.15, 0.2) is 6.10 Å². The molecule has 0 saturated carbocycles. The van der Waals surface area contributed by atoms with E-state index >= 15 is 0 Å². The molecule has 0 rings (SSSR count). The molecule has 0 aliphatic rings. The van der Waals surface area contributed by atoms with Gasteiger partial charge >= 0.3 is 17.9 Å². The molecule has 0 saturated heterocycles. The fraction of sp³-hybridized carbons (Fsp3) is 0.730. The highest BCUT2D eigenvalue weighted by Crippen LogP contribution is 2.15. The Balaban J connectivity index is 4.44. The summed E-state index contributed by atoms with van der Waals surface area (Å²) in [6.07, 6.45) is 74.3. The summed E-state index contributed by atoms with van der Waals surface area (Å²) < 4.78 is 16.8. The van der Waals surface area contributed by atoms with Crippen molar-refractivity contribution in [3.05, 3.63) is 85.1 Å². The molecule has 0 radical (unpaired) electrons. The van der Waals surface area contributed by atoms with Gasteiger partial charge in [-0.1, -0.05) is 228 Å². The van der Waals surface area contributed by atoms with Gasteiger partial charge in [-0.2, -0.15) is 0 Å². The molecule has 0 aromatic carbocycles. The van der Waals surface area contributed by atoms with Crippen LogP contribution < -0.4 is 0 Å². The van der Waals surface area contributed by atoms with Gasteiger partial charge in [0, 0.05) is 19.3 Å². The van der Waals surface area contributed by atoms with Crippen molar-refractivity contribution in [1.82, 2.24) is 0 Å². The third-order valence-corrected chi connectivity index (χ3v) is 12.4. The van der Waals surface area contributed by atoms with Crippen LogP contribution in [-0.2, 0) is 28.6 Å². The number of carbonyl (C=O) groups is 3. The van der Waals surface area contributed by atoms with Gasteiger partial charge < -0.3 is 14.2 Å². The maximum atomic E-state index is 12.9. The normalized spacial score (nSPS) is 12.7. The van der Waals surface area contributed by atoms with E-state index in [1.54, 1.807) is 0 Å². The Morgan fingerprint density at radius 1 is 0.304 bits per heavy atom. The molecule has 0 aliphatic heterocycles. The predicted molar refractivity (Wildman–Crippen MR) is 297 cm³/mol. The minimum absolute atomic E-state index is 0.0944. The van der Waals surface area contributed by atoms with Crippen molar-refractivity contribution in [1.29, 1.82) is 0 Å². The Bertz CT molecular complexity index is 1330. The van der Waals surface area contributed by atoms with Gasteiger partial charge in [-0.15, -0.1) is 0 Å². The van der Waals surface area contributed by atoms with Crippen molar-refractivity contribution in [3.8, 4) is 0 Å². The lowest BCUT2D eigenvalue weighted by molar-refractivity contribution is -0.167. The fourth-order valence-corrected chi connectivity index (χ4v) is 7.99. The zero-order valence-corrected chi connectivity index (χ0v) is 45.3. The molecule has 6 heteroatoms. The molecule has 0 unspecified atom stereocenters. The summed E-state index contributed by atoms with van der Waals surface area (Å²) in [5, 5.41) is 0. The highest BCUT2D eigenvalue weighted by atomic mass is 16.6. The lowest BCUT2D eigenvalue weighted by atomic mass is 10.1. The molecule has 0 N–H and O–H groups in total. The molecule has 0 aromatic heterocycles. The van der Waals surface area contributed by atoms with E-state index in [1.807, 2.05) is 0 Å². The molecule has 6 nitrogen and oxygen atoms in total. The monoisotopic (exact) mass is 961 g/mol. The Kier molecular flexibility index (Phi) is 54.3. The van der Waals surface area contributed by atoms with Crippen molar-refractivity contribution in [2.45, 2.75) is 284 Å². The SMILES string of the molecule is CC/C=C\C/C=C\C/C=C\C/C=C\CCCCC(=O)OC[C@H](COC(=O)CCCCCCCCC/C=C\C/C=C\CCCCC)OC(=O)CCCCCCCCCCC/C=C\CCCCCCCC. The van der Waals surface area contributed by atoms with E-state index in [9.17, 15) is 14.4 Å². The topological polar surface area (TPSA) is 78.9 Å². The van der Waals surface area contributed by atoms with E-state index in [1.165, 1.54) is 141 Å². The number of ether oxygens (including phenoxy) is 3. The van der Waals surface area contributed by atoms with E-state index in [0.29, 0.717) is 19.3 Å². The maximum Gasteiger partial charge on any atom is 0.306 e. The first-order valence-corrected chi connectivity index (χ1v) is 29.1. The Hall–Kier alpha value is -3.41. The molecule has 1 atom stereocenters. The highest BCUT2D eigenvalue weighted by molar-refractivity contribution is 5.71. The smallest absolute Gasteiger partial charge is 0.306 e. The second-order valence-corrected chi connectivity index (χ2v) is 19.2. The summed E-state index contributed by atoms with van der Waals surface area (Å²) in [6, 6.07) is 0. The maximum absolute atomic E-state index is 12.9. The van der Waals surface area contributed by atoms with Crippen LogP contribution in [0.25, 0.3) is 0 Å². The summed E-state index contributed by atoms with van der Waals surface area (Å²) >= 11 is 0. The zero-order valence-electron chi connectivity index (χ0n) is 45.3. The quantitative estimate of drug-likeness (QED) is 0.0262. The van der Waals surface area contributed by atoms with Crippen LogP contribution in [0.1, 0.15) is 278 Å². The molecule has 69 heavy (non-hydrogen) atoms. The number of esters is 3. The number of rotatable bonds is 52. The van der Waals surface area contributed by atoms with Crippen LogP contribution in [0.15, 0.2) is 85.1 Å². The second-order valence-electron chi connectivity index (χ2n) is 19.2. The first-order chi connectivity index (χ1) is 34.0. The van der Waals surface area contributed by atoms with Gasteiger partial charge in [-0.05, 0) is 116 Å². The van der Waals surface area contributed by atoms with E-state index in [-0.39, 0.29) is 31.1 Å². The van der Waals surface area contributed by atoms with Crippen molar-refractivity contribution in [3.63, 3.8) is 0 Å². The summed E-state index contributed by atoms with van der Waals surface area (Å²) in [5.41, 5.74) is 0. The first kappa shape index (κ1) is 65.6. The van der Waals surface area contributed by atoms with Crippen molar-refractivity contribution in [2.24, 2.45) is 0 Å². The lowest BCUT2D eigenvalue weighted by Crippen LogP contribution is -2.30. The molecular weight excluding hydrogens is 853 g/mol. The van der Waals surface area contributed by atoms with E-state index < -0.39 is 6.10 Å². The minimum Gasteiger partial charge on any atom is -0.462 e. The minimum atomic E-state index is -0.799. The Morgan fingerprint density at radius 2 is 0.565 bits per heavy atom. The summed E-state index contributed by atoms with van der Waals surface area (Å²) in [5.74, 6) is -0.940. The molecule has 0 bridgehead atoms. The third-order valence-electron chi connectivity index (χ3n) is 12.4. The molecular formula is C63H108O6. The molecule has 0 spiro atoms. The Labute approximate surface area is 426 Å². The molecule has 0 fully saturated rings. The van der Waals surface area contributed by atoms with Gasteiger partial charge in [-0.3, -0.25) is 14.4 Å². The number of unbranched alkanes of at least 4 members (excludes halogenated alkanes) is 27. The summed E-state index contributed by atoms with van der Waals surface area (Å²) in [4.78, 5) is 38.2. The van der Waals surface area contributed by atoms with Crippen molar-refractivity contribution < 1.29 is 28.6 Å². The van der Waals surface area contributed by atoms with Gasteiger partial charge in [0.25, 0.3) is 0 Å². The fourth-order valence-electron chi connectivity index (χ4n) is 7.99. The van der Waals surface area contributed by atoms with Gasteiger partial charge in [-0.25, -0.2) is 0 Å². The van der Waals surface area contributed by atoms with Crippen LogP contribution in [0, 0.1) is 0 Å². The van der Waals surface area contributed by atoms with Crippen LogP contribution in [0.2, 0.25) is 0 Å². The lowest BCUT2D eigenvalue weighted by Gasteiger charge is -2.18. The van der Waals surface area contributed by atoms with Crippen LogP contribution in [0.4, 0.5) is 0 Å². The van der Waals surface area contributed by atoms with E-state index in [4.69, 9.17) is 14.2 Å². The molecule has 396 valence electrons. The number of allylic oxidation sites excluding steroid dienone is 14. The van der Waals surface area contributed by atoms with E-state index in [0.717, 1.165) is 96.3 Å². The molecule has 0 aromatic rings. The van der Waals surface area contributed by atoms with Gasteiger partial charge in [0.2, 0.25) is 0 Å². The van der Waals surface area contributed by atoms with Gasteiger partial charge in [0.1, 0.15) is 13.2 Å². The average Bonchev–Trinajstić information content (AvgIpc) is 3.35. The number of hydrogen-bond donors (Lipinski definition) is 0. The van der Waals surface area contributed by atoms with Crippen LogP contribution in [-0.4, -0.2) is 37.2 Å². The Morgan fingerprint density at radius 3 is 0.957 bits per heavy atom. The van der Waals surface area contributed by atoms with Crippen LogP contribution >= 0.6 is 0 Å². The molecule has 0 heterocycles. The molecule has 0 amide bonds. The van der Waals surface area contributed by atoms with Crippen LogP contribution in [0.3, 0.4) is 0 Å². The van der Waals surface area contributed by atoms with E-state index in [2.05, 4.69) is 106 Å². The van der Waals surface area contributed by atoms with Gasteiger partial charge in [0.05, 0.1) is 0 Å². The second kappa shape index (κ2) is 57.2. The largest absolute Gasteiger partial charge is 0.462 e. The predicted octanol–water partition coefficient (Wildman–Crippen LogP) is 19.5. The average molecular weight is 962 g/mol. The molecule has 0 aliphatic carbocycles. The van der Waals surface area contributed by atoms with Crippen molar-refractivity contribution >= 4 is 17.9 Å². The third kappa shape index (κ3) is 55.4. The number of hydrogen-bond acceptors (Lipinski definition) is 6. The summed E-state index contributed by atoms with van der Waals surface area (Å²) in [6.45, 7) is 6.47.